The minimum Gasteiger partial charge on any atom is -0.388 e. The SMILES string of the molecule is CC[C@H](O)c1ccccc1N(C)C(C)C. The van der Waals surface area contributed by atoms with Crippen LogP contribution < -0.4 is 4.90 Å². The fourth-order valence-electron chi connectivity index (χ4n) is 1.59. The number of benzene rings is 1. The topological polar surface area (TPSA) is 23.5 Å². The van der Waals surface area contributed by atoms with E-state index in [0.717, 1.165) is 17.7 Å². The Kier molecular flexibility index (Phi) is 4.15. The van der Waals surface area contributed by atoms with Gasteiger partial charge in [-0.3, -0.25) is 0 Å². The van der Waals surface area contributed by atoms with Crippen molar-refractivity contribution in [2.75, 3.05) is 11.9 Å². The molecule has 0 spiro atoms. The fourth-order valence-corrected chi connectivity index (χ4v) is 1.59. The highest BCUT2D eigenvalue weighted by Crippen LogP contribution is 2.28. The molecule has 0 aromatic heterocycles. The quantitative estimate of drug-likeness (QED) is 0.820. The molecule has 0 amide bonds. The lowest BCUT2D eigenvalue weighted by Gasteiger charge is -2.27. The van der Waals surface area contributed by atoms with Crippen LogP contribution in [-0.4, -0.2) is 18.2 Å². The van der Waals surface area contributed by atoms with Gasteiger partial charge >= 0.3 is 0 Å². The summed E-state index contributed by atoms with van der Waals surface area (Å²) in [6.07, 6.45) is 0.394. The van der Waals surface area contributed by atoms with Gasteiger partial charge in [0.25, 0.3) is 0 Å². The standard InChI is InChI=1S/C13H21NO/c1-5-13(15)11-8-6-7-9-12(11)14(4)10(2)3/h6-10,13,15H,5H2,1-4H3/t13-/m0/s1. The molecule has 0 aliphatic carbocycles. The van der Waals surface area contributed by atoms with Gasteiger partial charge in [0.1, 0.15) is 0 Å². The Hall–Kier alpha value is -1.02. The monoisotopic (exact) mass is 207 g/mol. The van der Waals surface area contributed by atoms with Crippen LogP contribution in [0, 0.1) is 0 Å². The number of para-hydroxylation sites is 1. The molecule has 2 heteroatoms. The maximum Gasteiger partial charge on any atom is 0.0807 e. The maximum absolute atomic E-state index is 9.91. The van der Waals surface area contributed by atoms with Crippen molar-refractivity contribution in [1.29, 1.82) is 0 Å². The number of aliphatic hydroxyl groups excluding tert-OH is 1. The van der Waals surface area contributed by atoms with Crippen LogP contribution in [0.1, 0.15) is 38.9 Å². The van der Waals surface area contributed by atoms with Gasteiger partial charge in [-0.15, -0.1) is 0 Å². The highest BCUT2D eigenvalue weighted by atomic mass is 16.3. The lowest BCUT2D eigenvalue weighted by atomic mass is 10.0. The zero-order chi connectivity index (χ0) is 11.4. The van der Waals surface area contributed by atoms with Crippen molar-refractivity contribution in [2.45, 2.75) is 39.3 Å². The van der Waals surface area contributed by atoms with Crippen LogP contribution in [0.2, 0.25) is 0 Å². The number of anilines is 1. The Bertz CT molecular complexity index is 309. The summed E-state index contributed by atoms with van der Waals surface area (Å²) in [5.41, 5.74) is 2.15. The molecule has 0 saturated carbocycles. The van der Waals surface area contributed by atoms with Gasteiger partial charge in [0.2, 0.25) is 0 Å². The summed E-state index contributed by atoms with van der Waals surface area (Å²) in [6, 6.07) is 8.50. The summed E-state index contributed by atoms with van der Waals surface area (Å²) < 4.78 is 0. The van der Waals surface area contributed by atoms with Gasteiger partial charge in [-0.25, -0.2) is 0 Å². The molecule has 1 aromatic carbocycles. The summed E-state index contributed by atoms with van der Waals surface area (Å²) in [5, 5.41) is 9.91. The zero-order valence-electron chi connectivity index (χ0n) is 10.1. The third-order valence-corrected chi connectivity index (χ3v) is 2.84. The van der Waals surface area contributed by atoms with Gasteiger partial charge in [-0.1, -0.05) is 25.1 Å². The van der Waals surface area contributed by atoms with E-state index in [9.17, 15) is 5.11 Å². The summed E-state index contributed by atoms with van der Waals surface area (Å²) in [6.45, 7) is 6.29. The van der Waals surface area contributed by atoms with Gasteiger partial charge < -0.3 is 10.0 Å². The highest BCUT2D eigenvalue weighted by Gasteiger charge is 2.14. The van der Waals surface area contributed by atoms with E-state index in [2.05, 4.69) is 31.9 Å². The van der Waals surface area contributed by atoms with Crippen molar-refractivity contribution in [3.63, 3.8) is 0 Å². The molecule has 0 radical (unpaired) electrons. The predicted octanol–water partition coefficient (Wildman–Crippen LogP) is 2.97. The van der Waals surface area contributed by atoms with E-state index in [1.807, 2.05) is 25.1 Å². The normalized spacial score (nSPS) is 12.9. The molecule has 0 unspecified atom stereocenters. The van der Waals surface area contributed by atoms with Gasteiger partial charge in [0.05, 0.1) is 6.10 Å². The molecule has 0 aliphatic heterocycles. The predicted molar refractivity (Wildman–Crippen MR) is 65.2 cm³/mol. The Morgan fingerprint density at radius 3 is 2.40 bits per heavy atom. The molecular formula is C13H21NO. The summed E-state index contributed by atoms with van der Waals surface area (Å²) in [5.74, 6) is 0. The van der Waals surface area contributed by atoms with Crippen molar-refractivity contribution in [3.05, 3.63) is 29.8 Å². The molecule has 0 aliphatic rings. The highest BCUT2D eigenvalue weighted by molar-refractivity contribution is 5.54. The van der Waals surface area contributed by atoms with Crippen molar-refractivity contribution < 1.29 is 5.11 Å². The molecule has 0 saturated heterocycles. The Balaban J connectivity index is 3.06. The minimum absolute atomic E-state index is 0.359. The lowest BCUT2D eigenvalue weighted by molar-refractivity contribution is 0.174. The molecule has 0 bridgehead atoms. The van der Waals surface area contributed by atoms with Crippen LogP contribution in [0.4, 0.5) is 5.69 Å². The number of hydrogen-bond acceptors (Lipinski definition) is 2. The smallest absolute Gasteiger partial charge is 0.0807 e. The largest absolute Gasteiger partial charge is 0.388 e. The molecule has 0 fully saturated rings. The molecule has 15 heavy (non-hydrogen) atoms. The molecule has 1 N–H and O–H groups in total. The number of nitrogens with zero attached hydrogens (tertiary/aromatic N) is 1. The second-order valence-electron chi connectivity index (χ2n) is 4.19. The first kappa shape index (κ1) is 12.1. The van der Waals surface area contributed by atoms with Gasteiger partial charge in [0.15, 0.2) is 0 Å². The Labute approximate surface area is 92.5 Å². The van der Waals surface area contributed by atoms with Crippen molar-refractivity contribution in [3.8, 4) is 0 Å². The average Bonchev–Trinajstić information content (AvgIpc) is 2.27. The third-order valence-electron chi connectivity index (χ3n) is 2.84. The van der Waals surface area contributed by atoms with E-state index in [1.54, 1.807) is 0 Å². The summed E-state index contributed by atoms with van der Waals surface area (Å²) >= 11 is 0. The van der Waals surface area contributed by atoms with Crippen molar-refractivity contribution >= 4 is 5.69 Å². The summed E-state index contributed by atoms with van der Waals surface area (Å²) in [7, 11) is 2.06. The van der Waals surface area contributed by atoms with Crippen molar-refractivity contribution in [1.82, 2.24) is 0 Å². The number of rotatable bonds is 4. The minimum atomic E-state index is -0.359. The van der Waals surface area contributed by atoms with E-state index in [0.29, 0.717) is 6.04 Å². The van der Waals surface area contributed by atoms with Crippen LogP contribution in [0.15, 0.2) is 24.3 Å². The third kappa shape index (κ3) is 2.72. The zero-order valence-corrected chi connectivity index (χ0v) is 10.1. The number of hydrogen-bond donors (Lipinski definition) is 1. The van der Waals surface area contributed by atoms with Gasteiger partial charge in [-0.05, 0) is 26.3 Å². The summed E-state index contributed by atoms with van der Waals surface area (Å²) in [4.78, 5) is 2.19. The molecule has 2 nitrogen and oxygen atoms in total. The lowest BCUT2D eigenvalue weighted by Crippen LogP contribution is -2.27. The van der Waals surface area contributed by atoms with Gasteiger partial charge in [-0.2, -0.15) is 0 Å². The molecule has 1 rings (SSSR count). The molecular weight excluding hydrogens is 186 g/mol. The van der Waals surface area contributed by atoms with E-state index in [1.165, 1.54) is 0 Å². The molecule has 1 atom stereocenters. The average molecular weight is 207 g/mol. The van der Waals surface area contributed by atoms with E-state index in [4.69, 9.17) is 0 Å². The first-order chi connectivity index (χ1) is 7.07. The first-order valence-corrected chi connectivity index (χ1v) is 5.57. The second-order valence-corrected chi connectivity index (χ2v) is 4.19. The van der Waals surface area contributed by atoms with E-state index in [-0.39, 0.29) is 6.10 Å². The maximum atomic E-state index is 9.91. The molecule has 0 heterocycles. The van der Waals surface area contributed by atoms with Crippen LogP contribution >= 0.6 is 0 Å². The molecule has 1 aromatic rings. The van der Waals surface area contributed by atoms with Crippen LogP contribution in [0.3, 0.4) is 0 Å². The fraction of sp³-hybridized carbons (Fsp3) is 0.538. The Morgan fingerprint density at radius 2 is 1.87 bits per heavy atom. The Morgan fingerprint density at radius 1 is 1.27 bits per heavy atom. The van der Waals surface area contributed by atoms with Crippen LogP contribution in [0.25, 0.3) is 0 Å². The van der Waals surface area contributed by atoms with E-state index >= 15 is 0 Å². The van der Waals surface area contributed by atoms with Crippen LogP contribution in [0.5, 0.6) is 0 Å². The number of aliphatic hydroxyl groups is 1. The van der Waals surface area contributed by atoms with E-state index < -0.39 is 0 Å². The molecule has 84 valence electrons. The van der Waals surface area contributed by atoms with Crippen LogP contribution in [-0.2, 0) is 0 Å². The first-order valence-electron chi connectivity index (χ1n) is 5.57. The second kappa shape index (κ2) is 5.17. The van der Waals surface area contributed by atoms with Gasteiger partial charge in [0, 0.05) is 24.3 Å². The van der Waals surface area contributed by atoms with Crippen molar-refractivity contribution in [2.24, 2.45) is 0 Å².